The van der Waals surface area contributed by atoms with Gasteiger partial charge in [0.25, 0.3) is 0 Å². The van der Waals surface area contributed by atoms with Gasteiger partial charge in [-0.3, -0.25) is 9.59 Å². The number of aromatic nitrogens is 1. The second kappa shape index (κ2) is 8.11. The molecule has 0 spiro atoms. The zero-order valence-corrected chi connectivity index (χ0v) is 14.5. The monoisotopic (exact) mass is 386 g/mol. The number of carboxylic acids is 1. The molecule has 1 heterocycles. The van der Waals surface area contributed by atoms with E-state index in [1.165, 1.54) is 12.1 Å². The van der Waals surface area contributed by atoms with E-state index in [1.807, 2.05) is 0 Å². The van der Waals surface area contributed by atoms with Crippen LogP contribution in [0.2, 0.25) is 0 Å². The number of halogens is 3. The molecule has 2 aromatic rings. The predicted molar refractivity (Wildman–Crippen MR) is 85.9 cm³/mol. The van der Waals surface area contributed by atoms with E-state index in [1.54, 1.807) is 13.8 Å². The van der Waals surface area contributed by atoms with Crippen LogP contribution in [0.5, 0.6) is 5.75 Å². The van der Waals surface area contributed by atoms with E-state index in [0.717, 1.165) is 12.1 Å². The molecule has 0 radical (unpaired) electrons. The number of carbonyl (C=O) groups is 2. The first kappa shape index (κ1) is 20.3. The maximum Gasteiger partial charge on any atom is 0.573 e. The lowest BCUT2D eigenvalue weighted by molar-refractivity contribution is -0.274. The number of amides is 1. The fourth-order valence-electron chi connectivity index (χ4n) is 2.49. The van der Waals surface area contributed by atoms with Crippen molar-refractivity contribution in [1.29, 1.82) is 0 Å². The molecule has 0 aliphatic rings. The minimum absolute atomic E-state index is 0.0629. The second-order valence-electron chi connectivity index (χ2n) is 5.81. The van der Waals surface area contributed by atoms with Gasteiger partial charge in [0.05, 0.1) is 24.6 Å². The van der Waals surface area contributed by atoms with Gasteiger partial charge in [0.15, 0.2) is 0 Å². The standard InChI is InChI=1S/C17H17F3N2O5/c1-9-13(10(2)27-22-9)7-15(23)21-14(8-16(24)25)11-3-5-12(6-4-11)26-17(18,19)20/h3-6,14H,7-8H2,1-2H3,(H,21,23)(H,24,25). The summed E-state index contributed by atoms with van der Waals surface area (Å²) in [5.41, 5.74) is 1.47. The third-order valence-electron chi connectivity index (χ3n) is 3.75. The topological polar surface area (TPSA) is 102 Å². The summed E-state index contributed by atoms with van der Waals surface area (Å²) < 4.78 is 45.4. The van der Waals surface area contributed by atoms with E-state index in [-0.39, 0.29) is 6.42 Å². The van der Waals surface area contributed by atoms with Crippen molar-refractivity contribution in [2.24, 2.45) is 0 Å². The number of nitrogens with one attached hydrogen (secondary N) is 1. The van der Waals surface area contributed by atoms with Gasteiger partial charge in [0.2, 0.25) is 5.91 Å². The summed E-state index contributed by atoms with van der Waals surface area (Å²) in [7, 11) is 0. The molecule has 0 saturated heterocycles. The van der Waals surface area contributed by atoms with Gasteiger partial charge >= 0.3 is 12.3 Å². The first-order chi connectivity index (χ1) is 12.5. The van der Waals surface area contributed by atoms with E-state index in [9.17, 15) is 22.8 Å². The number of rotatable bonds is 7. The van der Waals surface area contributed by atoms with E-state index in [2.05, 4.69) is 15.2 Å². The molecule has 0 aliphatic carbocycles. The quantitative estimate of drug-likeness (QED) is 0.758. The third kappa shape index (κ3) is 6.01. The SMILES string of the molecule is Cc1noc(C)c1CC(=O)NC(CC(=O)O)c1ccc(OC(F)(F)F)cc1. The number of benzene rings is 1. The molecule has 0 aliphatic heterocycles. The summed E-state index contributed by atoms with van der Waals surface area (Å²) in [6, 6.07) is 3.72. The summed E-state index contributed by atoms with van der Waals surface area (Å²) in [5, 5.41) is 15.4. The molecule has 1 unspecified atom stereocenters. The Kier molecular flexibility index (Phi) is 6.09. The predicted octanol–water partition coefficient (Wildman–Crippen LogP) is 3.06. The maximum atomic E-state index is 12.3. The molecular formula is C17H17F3N2O5. The first-order valence-electron chi connectivity index (χ1n) is 7.83. The van der Waals surface area contributed by atoms with Gasteiger partial charge in [-0.05, 0) is 31.5 Å². The lowest BCUT2D eigenvalue weighted by Gasteiger charge is -2.18. The lowest BCUT2D eigenvalue weighted by atomic mass is 10.0. The number of carboxylic acid groups (broad SMARTS) is 1. The highest BCUT2D eigenvalue weighted by atomic mass is 19.4. The van der Waals surface area contributed by atoms with Crippen molar-refractivity contribution < 1.29 is 37.1 Å². The Balaban J connectivity index is 2.12. The highest BCUT2D eigenvalue weighted by Crippen LogP contribution is 2.25. The molecule has 1 aromatic carbocycles. The Bertz CT molecular complexity index is 795. The van der Waals surface area contributed by atoms with Gasteiger partial charge < -0.3 is 19.7 Å². The summed E-state index contributed by atoms with van der Waals surface area (Å²) in [5.74, 6) is -1.60. The van der Waals surface area contributed by atoms with Gasteiger partial charge in [-0.15, -0.1) is 13.2 Å². The smallest absolute Gasteiger partial charge is 0.481 e. The number of aliphatic carboxylic acids is 1. The number of nitrogens with zero attached hydrogens (tertiary/aromatic N) is 1. The van der Waals surface area contributed by atoms with Gasteiger partial charge in [0, 0.05) is 5.56 Å². The van der Waals surface area contributed by atoms with E-state index in [0.29, 0.717) is 22.6 Å². The van der Waals surface area contributed by atoms with Gasteiger partial charge in [-0.25, -0.2) is 0 Å². The molecule has 146 valence electrons. The van der Waals surface area contributed by atoms with Crippen molar-refractivity contribution in [3.05, 3.63) is 46.8 Å². The number of alkyl halides is 3. The van der Waals surface area contributed by atoms with Crippen molar-refractivity contribution >= 4 is 11.9 Å². The Hall–Kier alpha value is -3.04. The van der Waals surface area contributed by atoms with Gasteiger partial charge in [-0.2, -0.15) is 0 Å². The molecule has 2 N–H and O–H groups in total. The third-order valence-corrected chi connectivity index (χ3v) is 3.75. The molecule has 1 aromatic heterocycles. The summed E-state index contributed by atoms with van der Waals surface area (Å²) >= 11 is 0. The van der Waals surface area contributed by atoms with Crippen molar-refractivity contribution in [3.63, 3.8) is 0 Å². The Morgan fingerprint density at radius 1 is 1.26 bits per heavy atom. The minimum atomic E-state index is -4.83. The van der Waals surface area contributed by atoms with Crippen LogP contribution < -0.4 is 10.1 Å². The number of hydrogen-bond acceptors (Lipinski definition) is 5. The van der Waals surface area contributed by atoms with Gasteiger partial charge in [-0.1, -0.05) is 17.3 Å². The minimum Gasteiger partial charge on any atom is -0.481 e. The fraction of sp³-hybridized carbons (Fsp3) is 0.353. The zero-order valence-electron chi connectivity index (χ0n) is 14.5. The molecular weight excluding hydrogens is 369 g/mol. The van der Waals surface area contributed by atoms with Crippen LogP contribution in [0.1, 0.15) is 35.0 Å². The van der Waals surface area contributed by atoms with Crippen LogP contribution >= 0.6 is 0 Å². The number of aryl methyl sites for hydroxylation is 2. The first-order valence-corrected chi connectivity index (χ1v) is 7.83. The molecule has 0 bridgehead atoms. The molecule has 1 atom stereocenters. The van der Waals surface area contributed by atoms with Crippen LogP contribution in [0.15, 0.2) is 28.8 Å². The van der Waals surface area contributed by atoms with Gasteiger partial charge in [0.1, 0.15) is 11.5 Å². The molecule has 1 amide bonds. The molecule has 0 saturated carbocycles. The number of carbonyl (C=O) groups excluding carboxylic acids is 1. The number of ether oxygens (including phenoxy) is 1. The van der Waals surface area contributed by atoms with Crippen LogP contribution in [0.25, 0.3) is 0 Å². The normalized spacial score (nSPS) is 12.5. The van der Waals surface area contributed by atoms with E-state index >= 15 is 0 Å². The van der Waals surface area contributed by atoms with Crippen LogP contribution in [0.4, 0.5) is 13.2 Å². The molecule has 10 heteroatoms. The van der Waals surface area contributed by atoms with Crippen molar-refractivity contribution in [2.45, 2.75) is 39.1 Å². The highest BCUT2D eigenvalue weighted by Gasteiger charge is 2.31. The van der Waals surface area contributed by atoms with Crippen LogP contribution in [-0.4, -0.2) is 28.5 Å². The van der Waals surface area contributed by atoms with Crippen molar-refractivity contribution in [2.75, 3.05) is 0 Å². The van der Waals surface area contributed by atoms with Crippen LogP contribution in [0.3, 0.4) is 0 Å². The average molecular weight is 386 g/mol. The van der Waals surface area contributed by atoms with E-state index < -0.39 is 36.5 Å². The lowest BCUT2D eigenvalue weighted by Crippen LogP contribution is -2.31. The summed E-state index contributed by atoms with van der Waals surface area (Å²) in [4.78, 5) is 23.4. The fourth-order valence-corrected chi connectivity index (χ4v) is 2.49. The zero-order chi connectivity index (χ0) is 20.2. The molecule has 7 nitrogen and oxygen atoms in total. The molecule has 2 rings (SSSR count). The largest absolute Gasteiger partial charge is 0.573 e. The Morgan fingerprint density at radius 3 is 2.37 bits per heavy atom. The van der Waals surface area contributed by atoms with Crippen molar-refractivity contribution in [1.82, 2.24) is 10.5 Å². The Labute approximate surface area is 152 Å². The van der Waals surface area contributed by atoms with E-state index in [4.69, 9.17) is 9.63 Å². The highest BCUT2D eigenvalue weighted by molar-refractivity contribution is 5.80. The van der Waals surface area contributed by atoms with Crippen LogP contribution in [-0.2, 0) is 16.0 Å². The average Bonchev–Trinajstić information content (AvgIpc) is 2.85. The molecule has 27 heavy (non-hydrogen) atoms. The second-order valence-corrected chi connectivity index (χ2v) is 5.81. The number of hydrogen-bond donors (Lipinski definition) is 2. The van der Waals surface area contributed by atoms with Crippen LogP contribution in [0, 0.1) is 13.8 Å². The Morgan fingerprint density at radius 2 is 1.89 bits per heavy atom. The summed E-state index contributed by atoms with van der Waals surface area (Å²) in [6.07, 6.45) is -5.33. The maximum absolute atomic E-state index is 12.3. The summed E-state index contributed by atoms with van der Waals surface area (Å²) in [6.45, 7) is 3.32. The molecule has 0 fully saturated rings. The van der Waals surface area contributed by atoms with Crippen molar-refractivity contribution in [3.8, 4) is 5.75 Å².